The van der Waals surface area contributed by atoms with Crippen molar-refractivity contribution in [1.29, 1.82) is 5.26 Å². The van der Waals surface area contributed by atoms with Gasteiger partial charge in [0, 0.05) is 22.7 Å². The molecule has 3 aromatic rings. The third kappa shape index (κ3) is 4.99. The van der Waals surface area contributed by atoms with Gasteiger partial charge < -0.3 is 10.1 Å². The Morgan fingerprint density at radius 2 is 2.07 bits per heavy atom. The topological polar surface area (TPSA) is 92.1 Å². The van der Waals surface area contributed by atoms with Gasteiger partial charge in [-0.2, -0.15) is 5.26 Å². The van der Waals surface area contributed by atoms with Crippen LogP contribution in [0.15, 0.2) is 53.9 Å². The Bertz CT molecular complexity index is 1090. The van der Waals surface area contributed by atoms with Crippen LogP contribution in [0, 0.1) is 17.2 Å². The molecule has 0 aliphatic carbocycles. The third-order valence-corrected chi connectivity index (χ3v) is 5.32. The van der Waals surface area contributed by atoms with Crippen molar-refractivity contribution < 1.29 is 14.3 Å². The van der Waals surface area contributed by atoms with E-state index in [0.29, 0.717) is 27.2 Å². The minimum atomic E-state index is -1.44. The van der Waals surface area contributed by atoms with Crippen molar-refractivity contribution >= 4 is 40.3 Å². The first-order valence-corrected chi connectivity index (χ1v) is 9.84. The van der Waals surface area contributed by atoms with E-state index in [1.165, 1.54) is 18.4 Å². The number of amides is 1. The molecule has 1 aromatic heterocycles. The van der Waals surface area contributed by atoms with Gasteiger partial charge in [-0.15, -0.1) is 11.3 Å². The Morgan fingerprint density at radius 1 is 1.28 bits per heavy atom. The van der Waals surface area contributed by atoms with E-state index in [1.54, 1.807) is 41.8 Å². The average molecular weight is 426 g/mol. The summed E-state index contributed by atoms with van der Waals surface area (Å²) in [4.78, 5) is 29.4. The summed E-state index contributed by atoms with van der Waals surface area (Å²) < 4.78 is 5.10. The van der Waals surface area contributed by atoms with Crippen molar-refractivity contribution in [2.75, 3.05) is 12.4 Å². The molecule has 29 heavy (non-hydrogen) atoms. The number of carbonyl (C=O) groups is 2. The summed E-state index contributed by atoms with van der Waals surface area (Å²) in [5.74, 6) is -2.10. The Balaban J connectivity index is 1.69. The summed E-state index contributed by atoms with van der Waals surface area (Å²) in [6.07, 6.45) is -0.120. The highest BCUT2D eigenvalue weighted by molar-refractivity contribution is 7.13. The first-order valence-electron chi connectivity index (χ1n) is 8.58. The number of Topliss-reactive ketones (excluding diaryl/α,β-unsaturated/α-hetero) is 1. The van der Waals surface area contributed by atoms with E-state index in [2.05, 4.69) is 10.3 Å². The van der Waals surface area contributed by atoms with E-state index in [-0.39, 0.29) is 6.42 Å². The molecule has 0 spiro atoms. The Hall–Kier alpha value is -3.21. The SMILES string of the molecule is COc1cccc(NC(=O)C(C#N)C(=O)Cc2csc(-c3ccccc3Cl)n2)c1. The van der Waals surface area contributed by atoms with Crippen LogP contribution in [0.4, 0.5) is 5.69 Å². The molecule has 0 saturated heterocycles. The van der Waals surface area contributed by atoms with Gasteiger partial charge in [-0.3, -0.25) is 9.59 Å². The van der Waals surface area contributed by atoms with Crippen LogP contribution < -0.4 is 10.1 Å². The van der Waals surface area contributed by atoms with Crippen molar-refractivity contribution in [1.82, 2.24) is 4.98 Å². The fourth-order valence-electron chi connectivity index (χ4n) is 2.62. The van der Waals surface area contributed by atoms with Gasteiger partial charge in [0.25, 0.3) is 0 Å². The number of thiazole rings is 1. The first kappa shape index (κ1) is 20.5. The molecule has 1 atom stereocenters. The number of carbonyl (C=O) groups excluding carboxylic acids is 2. The highest BCUT2D eigenvalue weighted by Crippen LogP contribution is 2.30. The lowest BCUT2D eigenvalue weighted by molar-refractivity contribution is -0.128. The fraction of sp³-hybridized carbons (Fsp3) is 0.143. The summed E-state index contributed by atoms with van der Waals surface area (Å²) in [7, 11) is 1.51. The number of methoxy groups -OCH3 is 1. The first-order chi connectivity index (χ1) is 14.0. The molecule has 0 bridgehead atoms. The number of benzene rings is 2. The molecular weight excluding hydrogens is 410 g/mol. The average Bonchev–Trinajstić information content (AvgIpc) is 3.17. The van der Waals surface area contributed by atoms with Gasteiger partial charge in [0.05, 0.1) is 30.3 Å². The molecule has 6 nitrogen and oxygen atoms in total. The molecule has 3 rings (SSSR count). The van der Waals surface area contributed by atoms with Crippen LogP contribution in [-0.2, 0) is 16.0 Å². The lowest BCUT2D eigenvalue weighted by Gasteiger charge is -2.10. The maximum absolute atomic E-state index is 12.5. The van der Waals surface area contributed by atoms with Crippen LogP contribution in [-0.4, -0.2) is 23.8 Å². The standard InChI is InChI=1S/C21H16ClN3O3S/c1-28-15-6-4-5-13(9-15)24-20(27)17(11-23)19(26)10-14-12-29-21(25-14)16-7-2-3-8-18(16)22/h2-9,12,17H,10H2,1H3,(H,24,27). The van der Waals surface area contributed by atoms with Crippen LogP contribution in [0.5, 0.6) is 5.75 Å². The largest absolute Gasteiger partial charge is 0.497 e. The summed E-state index contributed by atoms with van der Waals surface area (Å²) in [6.45, 7) is 0. The molecule has 2 aromatic carbocycles. The number of hydrogen-bond donors (Lipinski definition) is 1. The van der Waals surface area contributed by atoms with Gasteiger partial charge in [-0.1, -0.05) is 35.9 Å². The zero-order valence-corrected chi connectivity index (χ0v) is 17.0. The van der Waals surface area contributed by atoms with Crippen LogP contribution in [0.2, 0.25) is 5.02 Å². The second-order valence-corrected chi connectivity index (χ2v) is 7.32. The highest BCUT2D eigenvalue weighted by atomic mass is 35.5. The van der Waals surface area contributed by atoms with Crippen LogP contribution in [0.3, 0.4) is 0 Å². The zero-order chi connectivity index (χ0) is 20.8. The number of nitrogens with one attached hydrogen (secondary N) is 1. The molecule has 0 aliphatic rings. The quantitative estimate of drug-likeness (QED) is 0.567. The van der Waals surface area contributed by atoms with Crippen molar-refractivity contribution in [2.24, 2.45) is 5.92 Å². The minimum Gasteiger partial charge on any atom is -0.497 e. The molecule has 8 heteroatoms. The number of ether oxygens (including phenoxy) is 1. The lowest BCUT2D eigenvalue weighted by Crippen LogP contribution is -2.29. The maximum atomic E-state index is 12.5. The Kier molecular flexibility index (Phi) is 6.60. The number of anilines is 1. The van der Waals surface area contributed by atoms with Gasteiger partial charge in [0.2, 0.25) is 5.91 Å². The van der Waals surface area contributed by atoms with Gasteiger partial charge in [-0.25, -0.2) is 4.98 Å². The number of rotatable bonds is 7. The van der Waals surface area contributed by atoms with E-state index < -0.39 is 17.6 Å². The van der Waals surface area contributed by atoms with Crippen molar-refractivity contribution in [3.05, 3.63) is 64.6 Å². The van der Waals surface area contributed by atoms with E-state index in [9.17, 15) is 14.9 Å². The highest BCUT2D eigenvalue weighted by Gasteiger charge is 2.27. The molecule has 0 saturated carbocycles. The smallest absolute Gasteiger partial charge is 0.249 e. The normalized spacial score (nSPS) is 11.3. The molecule has 0 radical (unpaired) electrons. The van der Waals surface area contributed by atoms with E-state index >= 15 is 0 Å². The van der Waals surface area contributed by atoms with Crippen LogP contribution >= 0.6 is 22.9 Å². The number of nitriles is 1. The summed E-state index contributed by atoms with van der Waals surface area (Å²) in [5, 5.41) is 14.9. The molecule has 0 aliphatic heterocycles. The molecule has 146 valence electrons. The number of halogens is 1. The second-order valence-electron chi connectivity index (χ2n) is 6.05. The van der Waals surface area contributed by atoms with Crippen molar-refractivity contribution in [2.45, 2.75) is 6.42 Å². The van der Waals surface area contributed by atoms with Crippen LogP contribution in [0.1, 0.15) is 5.69 Å². The zero-order valence-electron chi connectivity index (χ0n) is 15.4. The Labute approximate surface area is 176 Å². The van der Waals surface area contributed by atoms with Gasteiger partial charge >= 0.3 is 0 Å². The number of aromatic nitrogens is 1. The lowest BCUT2D eigenvalue weighted by atomic mass is 10.0. The van der Waals surface area contributed by atoms with E-state index in [1.807, 2.05) is 18.2 Å². The minimum absolute atomic E-state index is 0.120. The van der Waals surface area contributed by atoms with Crippen molar-refractivity contribution in [3.63, 3.8) is 0 Å². The molecule has 1 amide bonds. The van der Waals surface area contributed by atoms with Crippen molar-refractivity contribution in [3.8, 4) is 22.4 Å². The maximum Gasteiger partial charge on any atom is 0.249 e. The fourth-order valence-corrected chi connectivity index (χ4v) is 3.76. The monoisotopic (exact) mass is 425 g/mol. The Morgan fingerprint density at radius 3 is 2.79 bits per heavy atom. The number of nitrogens with zero attached hydrogens (tertiary/aromatic N) is 2. The molecule has 1 N–H and O–H groups in total. The third-order valence-electron chi connectivity index (χ3n) is 4.06. The van der Waals surface area contributed by atoms with E-state index in [0.717, 1.165) is 5.56 Å². The summed E-state index contributed by atoms with van der Waals surface area (Å²) in [6, 6.07) is 15.7. The van der Waals surface area contributed by atoms with Gasteiger partial charge in [-0.05, 0) is 18.2 Å². The summed E-state index contributed by atoms with van der Waals surface area (Å²) in [5.41, 5.74) is 1.70. The molecule has 0 fully saturated rings. The molecule has 1 heterocycles. The van der Waals surface area contributed by atoms with E-state index in [4.69, 9.17) is 16.3 Å². The number of ketones is 1. The molecular formula is C21H16ClN3O3S. The second kappa shape index (κ2) is 9.32. The molecule has 1 unspecified atom stereocenters. The number of hydrogen-bond acceptors (Lipinski definition) is 6. The van der Waals surface area contributed by atoms with Crippen LogP contribution in [0.25, 0.3) is 10.6 Å². The van der Waals surface area contributed by atoms with Gasteiger partial charge in [0.1, 0.15) is 10.8 Å². The van der Waals surface area contributed by atoms with Gasteiger partial charge in [0.15, 0.2) is 11.7 Å². The predicted molar refractivity (Wildman–Crippen MR) is 112 cm³/mol. The summed E-state index contributed by atoms with van der Waals surface area (Å²) >= 11 is 7.53. The predicted octanol–water partition coefficient (Wildman–Crippen LogP) is 4.36.